The number of nitrogens with one attached hydrogen (secondary N) is 1. The minimum absolute atomic E-state index is 0.0886. The van der Waals surface area contributed by atoms with Gasteiger partial charge in [-0.3, -0.25) is 14.4 Å². The summed E-state index contributed by atoms with van der Waals surface area (Å²) in [6, 6.07) is 4.30. The predicted octanol–water partition coefficient (Wildman–Crippen LogP) is 0.895. The number of benzene rings is 1. The number of aliphatic carboxylic acids is 2. The van der Waals surface area contributed by atoms with E-state index >= 15 is 0 Å². The number of carboxylic acid groups (broad SMARTS) is 2. The van der Waals surface area contributed by atoms with Crippen LogP contribution >= 0.6 is 0 Å². The number of methoxy groups -OCH3 is 1. The summed E-state index contributed by atoms with van der Waals surface area (Å²) in [6.07, 6.45) is 1.19. The molecular weight excluding hydrogens is 432 g/mol. The maximum Gasteiger partial charge on any atom is 0.326 e. The fourth-order valence-electron chi connectivity index (χ4n) is 3.99. The molecular formula is C22H28N4O7. The third kappa shape index (κ3) is 5.86. The lowest BCUT2D eigenvalue weighted by Gasteiger charge is -2.21. The van der Waals surface area contributed by atoms with Crippen molar-refractivity contribution >= 4 is 34.8 Å². The summed E-state index contributed by atoms with van der Waals surface area (Å²) in [6.45, 7) is 1.66. The molecule has 1 unspecified atom stereocenters. The number of fused-ring (bicyclic) bond motifs is 1. The molecule has 0 radical (unpaired) electrons. The molecule has 178 valence electrons. The van der Waals surface area contributed by atoms with Gasteiger partial charge in [0.25, 0.3) is 5.91 Å². The van der Waals surface area contributed by atoms with E-state index in [0.717, 1.165) is 5.52 Å². The Kier molecular flexibility index (Phi) is 7.99. The van der Waals surface area contributed by atoms with Crippen LogP contribution in [0.15, 0.2) is 18.2 Å². The van der Waals surface area contributed by atoms with Gasteiger partial charge in [-0.25, -0.2) is 9.78 Å². The zero-order valence-corrected chi connectivity index (χ0v) is 18.5. The summed E-state index contributed by atoms with van der Waals surface area (Å²) in [5, 5.41) is 20.7. The van der Waals surface area contributed by atoms with Crippen LogP contribution in [0.2, 0.25) is 0 Å². The summed E-state index contributed by atoms with van der Waals surface area (Å²) in [7, 11) is 1.59. The van der Waals surface area contributed by atoms with Gasteiger partial charge in [0.15, 0.2) is 0 Å². The van der Waals surface area contributed by atoms with Gasteiger partial charge >= 0.3 is 11.9 Å². The van der Waals surface area contributed by atoms with E-state index in [4.69, 9.17) is 9.84 Å². The van der Waals surface area contributed by atoms with E-state index in [0.29, 0.717) is 55.9 Å². The number of amides is 2. The molecule has 2 amide bonds. The van der Waals surface area contributed by atoms with Crippen LogP contribution in [-0.2, 0) is 32.1 Å². The van der Waals surface area contributed by atoms with E-state index < -0.39 is 18.0 Å². The van der Waals surface area contributed by atoms with Gasteiger partial charge in [0, 0.05) is 45.1 Å². The first-order valence-electron chi connectivity index (χ1n) is 10.8. The fourth-order valence-corrected chi connectivity index (χ4v) is 3.99. The molecule has 2 heterocycles. The molecule has 1 aromatic carbocycles. The minimum Gasteiger partial charge on any atom is -0.481 e. The van der Waals surface area contributed by atoms with Gasteiger partial charge in [0.1, 0.15) is 11.9 Å². The molecule has 2 aromatic rings. The standard InChI is InChI=1S/C22H28N4O7/c1-33-12-11-25-16-5-4-14(21(30)26-10-2-3-17(26)22(31)32)13-15(16)24-18(25)8-9-23-19(27)6-7-20(28)29/h4-5,13,17H,2-3,6-12H2,1H3,(H,23,27)(H,28,29)(H,31,32). The number of hydrogen-bond acceptors (Lipinski definition) is 6. The number of carbonyl (C=O) groups is 4. The van der Waals surface area contributed by atoms with Crippen molar-refractivity contribution in [1.82, 2.24) is 19.8 Å². The molecule has 3 N–H and O–H groups in total. The van der Waals surface area contributed by atoms with Gasteiger partial charge in [0.2, 0.25) is 5.91 Å². The maximum absolute atomic E-state index is 12.9. The number of ether oxygens (including phenoxy) is 1. The number of carbonyl (C=O) groups excluding carboxylic acids is 2. The molecule has 0 aliphatic carbocycles. The molecule has 1 aliphatic rings. The first-order chi connectivity index (χ1) is 15.8. The summed E-state index contributed by atoms with van der Waals surface area (Å²) < 4.78 is 7.14. The van der Waals surface area contributed by atoms with Gasteiger partial charge in [-0.1, -0.05) is 0 Å². The summed E-state index contributed by atoms with van der Waals surface area (Å²) in [5.41, 5.74) is 1.77. The van der Waals surface area contributed by atoms with Crippen LogP contribution in [0.1, 0.15) is 41.9 Å². The van der Waals surface area contributed by atoms with Crippen LogP contribution in [0.4, 0.5) is 0 Å². The SMILES string of the molecule is COCCn1c(CCNC(=O)CCC(=O)O)nc2cc(C(=O)N3CCCC3C(=O)O)ccc21. The number of imidazole rings is 1. The van der Waals surface area contributed by atoms with Gasteiger partial charge < -0.3 is 29.7 Å². The van der Waals surface area contributed by atoms with E-state index in [2.05, 4.69) is 10.3 Å². The highest BCUT2D eigenvalue weighted by molar-refractivity contribution is 5.99. The van der Waals surface area contributed by atoms with Crippen LogP contribution in [-0.4, -0.2) is 81.3 Å². The molecule has 1 aromatic heterocycles. The van der Waals surface area contributed by atoms with Crippen molar-refractivity contribution in [3.63, 3.8) is 0 Å². The van der Waals surface area contributed by atoms with Crippen molar-refractivity contribution in [2.75, 3.05) is 26.8 Å². The van der Waals surface area contributed by atoms with Gasteiger partial charge in [-0.05, 0) is 31.0 Å². The van der Waals surface area contributed by atoms with E-state index in [9.17, 15) is 24.3 Å². The Hall–Kier alpha value is -3.47. The second kappa shape index (κ2) is 10.9. The Labute approximate surface area is 190 Å². The second-order valence-electron chi connectivity index (χ2n) is 7.86. The Morgan fingerprint density at radius 2 is 2.00 bits per heavy atom. The number of nitrogens with zero attached hydrogens (tertiary/aromatic N) is 3. The lowest BCUT2D eigenvalue weighted by atomic mass is 10.1. The van der Waals surface area contributed by atoms with E-state index in [1.807, 2.05) is 4.57 Å². The van der Waals surface area contributed by atoms with E-state index in [1.165, 1.54) is 4.90 Å². The number of hydrogen-bond donors (Lipinski definition) is 3. The van der Waals surface area contributed by atoms with Crippen molar-refractivity contribution in [2.45, 2.75) is 44.7 Å². The largest absolute Gasteiger partial charge is 0.481 e. The molecule has 0 spiro atoms. The molecule has 11 heteroatoms. The highest BCUT2D eigenvalue weighted by Gasteiger charge is 2.34. The van der Waals surface area contributed by atoms with Crippen molar-refractivity contribution in [3.8, 4) is 0 Å². The first-order valence-corrected chi connectivity index (χ1v) is 10.8. The molecule has 1 saturated heterocycles. The zero-order valence-electron chi connectivity index (χ0n) is 18.5. The highest BCUT2D eigenvalue weighted by atomic mass is 16.5. The summed E-state index contributed by atoms with van der Waals surface area (Å²) in [4.78, 5) is 52.8. The predicted molar refractivity (Wildman–Crippen MR) is 117 cm³/mol. The summed E-state index contributed by atoms with van der Waals surface area (Å²) >= 11 is 0. The molecule has 3 rings (SSSR count). The molecule has 1 aliphatic heterocycles. The maximum atomic E-state index is 12.9. The number of likely N-dealkylation sites (tertiary alicyclic amines) is 1. The van der Waals surface area contributed by atoms with Crippen molar-refractivity contribution < 1.29 is 34.1 Å². The number of rotatable bonds is 11. The van der Waals surface area contributed by atoms with Gasteiger partial charge in [0.05, 0.1) is 24.1 Å². The number of carboxylic acids is 2. The van der Waals surface area contributed by atoms with Crippen molar-refractivity contribution in [3.05, 3.63) is 29.6 Å². The molecule has 33 heavy (non-hydrogen) atoms. The quantitative estimate of drug-likeness (QED) is 0.447. The average Bonchev–Trinajstić information content (AvgIpc) is 3.40. The molecule has 1 fully saturated rings. The van der Waals surface area contributed by atoms with E-state index in [-0.39, 0.29) is 31.2 Å². The van der Waals surface area contributed by atoms with Crippen LogP contribution in [0.25, 0.3) is 11.0 Å². The van der Waals surface area contributed by atoms with Crippen LogP contribution < -0.4 is 5.32 Å². The summed E-state index contributed by atoms with van der Waals surface area (Å²) in [5.74, 6) is -2.02. The van der Waals surface area contributed by atoms with Crippen molar-refractivity contribution in [1.29, 1.82) is 0 Å². The third-order valence-electron chi connectivity index (χ3n) is 5.63. The Bertz CT molecular complexity index is 1050. The lowest BCUT2D eigenvalue weighted by molar-refractivity contribution is -0.141. The molecule has 0 saturated carbocycles. The Morgan fingerprint density at radius 3 is 2.70 bits per heavy atom. The Morgan fingerprint density at radius 1 is 1.21 bits per heavy atom. The van der Waals surface area contributed by atoms with Gasteiger partial charge in [-0.15, -0.1) is 0 Å². The van der Waals surface area contributed by atoms with Crippen LogP contribution in [0, 0.1) is 0 Å². The molecule has 1 atom stereocenters. The zero-order chi connectivity index (χ0) is 24.0. The third-order valence-corrected chi connectivity index (χ3v) is 5.63. The van der Waals surface area contributed by atoms with E-state index in [1.54, 1.807) is 25.3 Å². The first kappa shape index (κ1) is 24.2. The molecule has 11 nitrogen and oxygen atoms in total. The second-order valence-corrected chi connectivity index (χ2v) is 7.86. The van der Waals surface area contributed by atoms with Crippen molar-refractivity contribution in [2.24, 2.45) is 0 Å². The minimum atomic E-state index is -1.03. The number of aromatic nitrogens is 2. The lowest BCUT2D eigenvalue weighted by Crippen LogP contribution is -2.40. The average molecular weight is 460 g/mol. The normalized spacial score (nSPS) is 15.7. The van der Waals surface area contributed by atoms with Gasteiger partial charge in [-0.2, -0.15) is 0 Å². The fraction of sp³-hybridized carbons (Fsp3) is 0.500. The van der Waals surface area contributed by atoms with Crippen LogP contribution in [0.5, 0.6) is 0 Å². The Balaban J connectivity index is 1.78. The van der Waals surface area contributed by atoms with Crippen LogP contribution in [0.3, 0.4) is 0 Å². The molecule has 0 bridgehead atoms. The topological polar surface area (TPSA) is 151 Å². The smallest absolute Gasteiger partial charge is 0.326 e. The highest BCUT2D eigenvalue weighted by Crippen LogP contribution is 2.23. The monoisotopic (exact) mass is 460 g/mol.